The van der Waals surface area contributed by atoms with Crippen molar-refractivity contribution in [2.24, 2.45) is 5.92 Å². The van der Waals surface area contributed by atoms with Crippen molar-refractivity contribution in [3.63, 3.8) is 0 Å². The van der Waals surface area contributed by atoms with Crippen molar-refractivity contribution in [1.29, 1.82) is 0 Å². The maximum absolute atomic E-state index is 10.7. The van der Waals surface area contributed by atoms with Gasteiger partial charge in [0.15, 0.2) is 0 Å². The Labute approximate surface area is 158 Å². The number of hydrogen-bond acceptors (Lipinski definition) is 6. The van der Waals surface area contributed by atoms with Crippen LogP contribution in [0.25, 0.3) is 0 Å². The van der Waals surface area contributed by atoms with Crippen molar-refractivity contribution in [2.45, 2.75) is 64.1 Å². The molecule has 2 N–H and O–H groups in total. The third-order valence-electron chi connectivity index (χ3n) is 5.01. The summed E-state index contributed by atoms with van der Waals surface area (Å²) < 4.78 is 6.01. The summed E-state index contributed by atoms with van der Waals surface area (Å²) in [6.45, 7) is 6.83. The van der Waals surface area contributed by atoms with E-state index in [2.05, 4.69) is 21.4 Å². The summed E-state index contributed by atoms with van der Waals surface area (Å²) >= 11 is 1.64. The Bertz CT molecular complexity index is 781. The molecule has 0 saturated heterocycles. The molecule has 0 spiro atoms. The van der Waals surface area contributed by atoms with Crippen LogP contribution in [0.1, 0.15) is 72.8 Å². The molecular formula is C20H27N3O2S. The third-order valence-corrected chi connectivity index (χ3v) is 6.25. The molecule has 4 rings (SSSR count). The topological polar surface area (TPSA) is 67.3 Å². The van der Waals surface area contributed by atoms with Crippen LogP contribution in [0.5, 0.6) is 5.88 Å². The first kappa shape index (κ1) is 17.9. The Morgan fingerprint density at radius 2 is 2.08 bits per heavy atom. The van der Waals surface area contributed by atoms with Crippen LogP contribution >= 0.6 is 11.3 Å². The van der Waals surface area contributed by atoms with Crippen LogP contribution in [-0.4, -0.2) is 21.7 Å². The molecule has 0 aliphatic heterocycles. The summed E-state index contributed by atoms with van der Waals surface area (Å²) in [5, 5.41) is 14.9. The van der Waals surface area contributed by atoms with Crippen LogP contribution in [0.15, 0.2) is 18.3 Å². The van der Waals surface area contributed by atoms with Crippen molar-refractivity contribution in [3.8, 4) is 5.88 Å². The predicted molar refractivity (Wildman–Crippen MR) is 102 cm³/mol. The maximum atomic E-state index is 10.7. The van der Waals surface area contributed by atoms with Crippen molar-refractivity contribution >= 4 is 11.3 Å². The molecule has 2 aromatic heterocycles. The van der Waals surface area contributed by atoms with E-state index >= 15 is 0 Å². The number of thiazole rings is 1. The highest BCUT2D eigenvalue weighted by Crippen LogP contribution is 2.44. The molecule has 2 saturated carbocycles. The molecule has 1 unspecified atom stereocenters. The standard InChI is InChI=1S/C20H27N3O2S/c1-12-10-21-19(26-12)20(2,3)23-17(24)16-9-8-15(14-6-7-14)18(22-16)25-11-13-4-5-13/h8-10,13-14,17,23-24H,4-7,11H2,1-3H3. The fourth-order valence-corrected chi connectivity index (χ4v) is 3.87. The minimum absolute atomic E-state index is 0.440. The number of aromatic nitrogens is 2. The second-order valence-electron chi connectivity index (χ2n) is 8.11. The number of aliphatic hydroxyl groups is 1. The quantitative estimate of drug-likeness (QED) is 0.684. The van der Waals surface area contributed by atoms with E-state index in [0.717, 1.165) is 16.5 Å². The Balaban J connectivity index is 1.51. The number of ether oxygens (including phenoxy) is 1. The Morgan fingerprint density at radius 1 is 1.31 bits per heavy atom. The predicted octanol–water partition coefficient (Wildman–Crippen LogP) is 4.03. The van der Waals surface area contributed by atoms with E-state index in [9.17, 15) is 5.11 Å². The minimum Gasteiger partial charge on any atom is -0.477 e. The fraction of sp³-hybridized carbons (Fsp3) is 0.600. The van der Waals surface area contributed by atoms with Gasteiger partial charge >= 0.3 is 0 Å². The number of rotatable bonds is 8. The van der Waals surface area contributed by atoms with E-state index in [0.29, 0.717) is 23.4 Å². The molecule has 0 amide bonds. The van der Waals surface area contributed by atoms with Gasteiger partial charge in [-0.05, 0) is 64.4 Å². The summed E-state index contributed by atoms with van der Waals surface area (Å²) in [6.07, 6.45) is 5.91. The summed E-state index contributed by atoms with van der Waals surface area (Å²) in [5.41, 5.74) is 1.35. The second-order valence-corrected chi connectivity index (χ2v) is 9.34. The molecule has 2 aliphatic carbocycles. The highest BCUT2D eigenvalue weighted by molar-refractivity contribution is 7.11. The molecule has 2 aromatic rings. The zero-order valence-electron chi connectivity index (χ0n) is 15.7. The highest BCUT2D eigenvalue weighted by Gasteiger charge is 2.31. The van der Waals surface area contributed by atoms with Crippen LogP contribution in [-0.2, 0) is 5.54 Å². The van der Waals surface area contributed by atoms with Gasteiger partial charge in [-0.25, -0.2) is 9.97 Å². The summed E-state index contributed by atoms with van der Waals surface area (Å²) in [7, 11) is 0. The third kappa shape index (κ3) is 4.08. The molecule has 5 nitrogen and oxygen atoms in total. The average Bonchev–Trinajstić information content (AvgIpc) is 3.51. The molecule has 2 aliphatic rings. The lowest BCUT2D eigenvalue weighted by molar-refractivity contribution is 0.0958. The zero-order chi connectivity index (χ0) is 18.3. The zero-order valence-corrected chi connectivity index (χ0v) is 16.5. The van der Waals surface area contributed by atoms with Gasteiger partial charge in [-0.3, -0.25) is 5.32 Å². The summed E-state index contributed by atoms with van der Waals surface area (Å²) in [5.74, 6) is 1.97. The van der Waals surface area contributed by atoms with E-state index in [1.54, 1.807) is 11.3 Å². The number of aryl methyl sites for hydroxylation is 1. The summed E-state index contributed by atoms with van der Waals surface area (Å²) in [6, 6.07) is 3.99. The SMILES string of the molecule is Cc1cnc(C(C)(C)NC(O)c2ccc(C3CC3)c(OCC3CC3)n2)s1. The Kier molecular flexibility index (Phi) is 4.75. The van der Waals surface area contributed by atoms with Crippen LogP contribution in [0.4, 0.5) is 0 Å². The van der Waals surface area contributed by atoms with E-state index in [4.69, 9.17) is 4.74 Å². The molecule has 0 bridgehead atoms. The minimum atomic E-state index is -0.870. The van der Waals surface area contributed by atoms with Gasteiger partial charge in [-0.2, -0.15) is 0 Å². The van der Waals surface area contributed by atoms with Gasteiger partial charge in [0.1, 0.15) is 11.2 Å². The van der Waals surface area contributed by atoms with Crippen LogP contribution in [0.3, 0.4) is 0 Å². The summed E-state index contributed by atoms with van der Waals surface area (Å²) in [4.78, 5) is 10.3. The van der Waals surface area contributed by atoms with Crippen molar-refractivity contribution < 1.29 is 9.84 Å². The number of nitrogens with one attached hydrogen (secondary N) is 1. The largest absolute Gasteiger partial charge is 0.477 e. The molecular weight excluding hydrogens is 346 g/mol. The monoisotopic (exact) mass is 373 g/mol. The number of nitrogens with zero attached hydrogens (tertiary/aromatic N) is 2. The molecule has 1 atom stereocenters. The normalized spacial score (nSPS) is 18.8. The fourth-order valence-electron chi connectivity index (χ4n) is 3.04. The van der Waals surface area contributed by atoms with Crippen LogP contribution < -0.4 is 10.1 Å². The number of pyridine rings is 1. The van der Waals surface area contributed by atoms with Crippen molar-refractivity contribution in [1.82, 2.24) is 15.3 Å². The maximum Gasteiger partial charge on any atom is 0.217 e. The molecule has 0 aromatic carbocycles. The first-order valence-corrected chi connectivity index (χ1v) is 10.3. The van der Waals surface area contributed by atoms with Crippen LogP contribution in [0.2, 0.25) is 0 Å². The number of aliphatic hydroxyl groups excluding tert-OH is 1. The van der Waals surface area contributed by atoms with Crippen LogP contribution in [0, 0.1) is 12.8 Å². The van der Waals surface area contributed by atoms with E-state index in [1.165, 1.54) is 31.2 Å². The Hall–Kier alpha value is -1.50. The van der Waals surface area contributed by atoms with Gasteiger partial charge in [0.2, 0.25) is 5.88 Å². The molecule has 140 valence electrons. The molecule has 2 fully saturated rings. The van der Waals surface area contributed by atoms with Gasteiger partial charge in [0, 0.05) is 16.6 Å². The molecule has 26 heavy (non-hydrogen) atoms. The number of hydrogen-bond donors (Lipinski definition) is 2. The Morgan fingerprint density at radius 3 is 2.69 bits per heavy atom. The lowest BCUT2D eigenvalue weighted by Crippen LogP contribution is -2.39. The molecule has 0 radical (unpaired) electrons. The first-order chi connectivity index (χ1) is 12.4. The van der Waals surface area contributed by atoms with Gasteiger partial charge in [-0.15, -0.1) is 11.3 Å². The molecule has 2 heterocycles. The van der Waals surface area contributed by atoms with E-state index < -0.39 is 11.8 Å². The smallest absolute Gasteiger partial charge is 0.217 e. The van der Waals surface area contributed by atoms with E-state index in [-0.39, 0.29) is 0 Å². The molecule has 6 heteroatoms. The van der Waals surface area contributed by atoms with Crippen molar-refractivity contribution in [2.75, 3.05) is 6.61 Å². The van der Waals surface area contributed by atoms with E-state index in [1.807, 2.05) is 33.0 Å². The second kappa shape index (κ2) is 6.91. The van der Waals surface area contributed by atoms with Gasteiger partial charge in [-0.1, -0.05) is 6.07 Å². The first-order valence-electron chi connectivity index (χ1n) is 9.44. The van der Waals surface area contributed by atoms with Crippen molar-refractivity contribution in [3.05, 3.63) is 39.5 Å². The van der Waals surface area contributed by atoms with Gasteiger partial charge in [0.05, 0.1) is 17.8 Å². The lowest BCUT2D eigenvalue weighted by Gasteiger charge is -2.27. The lowest BCUT2D eigenvalue weighted by atomic mass is 10.1. The highest BCUT2D eigenvalue weighted by atomic mass is 32.1. The average molecular weight is 374 g/mol. The van der Waals surface area contributed by atoms with Gasteiger partial charge < -0.3 is 9.84 Å². The van der Waals surface area contributed by atoms with Gasteiger partial charge in [0.25, 0.3) is 0 Å².